The van der Waals surface area contributed by atoms with Crippen molar-refractivity contribution < 1.29 is 0 Å². The Hall–Kier alpha value is -1.06. The maximum Gasteiger partial charge on any atom is 0.0926 e. The van der Waals surface area contributed by atoms with Crippen LogP contribution in [0.15, 0.2) is 16.7 Å². The molecule has 0 aliphatic rings. The standard InChI is InChI=1S/C5H6N4S/c6-9-8-2-1-5-7-3-4-10-5/h3-4H,1-2H2. The molecule has 0 saturated carbocycles. The molecule has 0 aliphatic heterocycles. The van der Waals surface area contributed by atoms with Crippen molar-refractivity contribution in [2.75, 3.05) is 6.54 Å². The van der Waals surface area contributed by atoms with Gasteiger partial charge in [0.25, 0.3) is 0 Å². The molecule has 0 unspecified atom stereocenters. The van der Waals surface area contributed by atoms with Gasteiger partial charge in [0, 0.05) is 29.5 Å². The molecule has 0 aliphatic carbocycles. The van der Waals surface area contributed by atoms with Gasteiger partial charge in [-0.1, -0.05) is 5.11 Å². The summed E-state index contributed by atoms with van der Waals surface area (Å²) >= 11 is 1.58. The third-order valence-electron chi connectivity index (χ3n) is 0.972. The van der Waals surface area contributed by atoms with Gasteiger partial charge in [0.05, 0.1) is 5.01 Å². The van der Waals surface area contributed by atoms with Gasteiger partial charge in [-0.25, -0.2) is 4.98 Å². The molecule has 0 saturated heterocycles. The van der Waals surface area contributed by atoms with Crippen molar-refractivity contribution in [3.8, 4) is 0 Å². The highest BCUT2D eigenvalue weighted by Crippen LogP contribution is 2.03. The first kappa shape index (κ1) is 7.05. The first-order valence-electron chi connectivity index (χ1n) is 2.82. The predicted octanol–water partition coefficient (Wildman–Crippen LogP) is 2.00. The summed E-state index contributed by atoms with van der Waals surface area (Å²) in [5.74, 6) is 0. The largest absolute Gasteiger partial charge is 0.250 e. The molecule has 4 nitrogen and oxygen atoms in total. The average molecular weight is 154 g/mol. The third kappa shape index (κ3) is 2.05. The van der Waals surface area contributed by atoms with Gasteiger partial charge < -0.3 is 0 Å². The van der Waals surface area contributed by atoms with Gasteiger partial charge >= 0.3 is 0 Å². The lowest BCUT2D eigenvalue weighted by Crippen LogP contribution is -1.85. The van der Waals surface area contributed by atoms with Crippen molar-refractivity contribution in [3.05, 3.63) is 27.0 Å². The van der Waals surface area contributed by atoms with Crippen LogP contribution in [0.5, 0.6) is 0 Å². The molecule has 1 heterocycles. The summed E-state index contributed by atoms with van der Waals surface area (Å²) < 4.78 is 0. The third-order valence-corrected chi connectivity index (χ3v) is 1.81. The second-order valence-electron chi connectivity index (χ2n) is 1.63. The Morgan fingerprint density at radius 2 is 2.70 bits per heavy atom. The summed E-state index contributed by atoms with van der Waals surface area (Å²) in [4.78, 5) is 6.66. The van der Waals surface area contributed by atoms with E-state index in [1.807, 2.05) is 5.38 Å². The summed E-state index contributed by atoms with van der Waals surface area (Å²) in [6.45, 7) is 0.504. The number of aromatic nitrogens is 1. The zero-order valence-corrected chi connectivity index (χ0v) is 6.08. The topological polar surface area (TPSA) is 61.7 Å². The molecule has 1 rings (SSSR count). The van der Waals surface area contributed by atoms with Crippen LogP contribution >= 0.6 is 11.3 Å². The summed E-state index contributed by atoms with van der Waals surface area (Å²) in [5, 5.41) is 6.32. The molecule has 5 heteroatoms. The van der Waals surface area contributed by atoms with Gasteiger partial charge in [-0.3, -0.25) is 0 Å². The Kier molecular flexibility index (Phi) is 2.73. The van der Waals surface area contributed by atoms with Crippen LogP contribution in [-0.4, -0.2) is 11.5 Å². The number of rotatable bonds is 3. The van der Waals surface area contributed by atoms with Crippen LogP contribution in [0.1, 0.15) is 5.01 Å². The van der Waals surface area contributed by atoms with E-state index in [0.717, 1.165) is 11.4 Å². The van der Waals surface area contributed by atoms with Gasteiger partial charge in [0.1, 0.15) is 0 Å². The normalized spacial score (nSPS) is 8.80. The molecule has 1 aromatic heterocycles. The summed E-state index contributed by atoms with van der Waals surface area (Å²) in [5.41, 5.74) is 7.94. The number of hydrogen-bond acceptors (Lipinski definition) is 3. The summed E-state index contributed by atoms with van der Waals surface area (Å²) in [6.07, 6.45) is 2.50. The number of hydrogen-bond donors (Lipinski definition) is 0. The smallest absolute Gasteiger partial charge is 0.0926 e. The minimum atomic E-state index is 0.504. The second-order valence-corrected chi connectivity index (χ2v) is 2.61. The van der Waals surface area contributed by atoms with Crippen LogP contribution in [0.4, 0.5) is 0 Å². The SMILES string of the molecule is [N-]=[N+]=NCCc1nccs1. The molecule has 0 radical (unpaired) electrons. The van der Waals surface area contributed by atoms with Crippen molar-refractivity contribution in [1.29, 1.82) is 0 Å². The molecule has 0 N–H and O–H groups in total. The predicted molar refractivity (Wildman–Crippen MR) is 39.8 cm³/mol. The van der Waals surface area contributed by atoms with Crippen LogP contribution in [0.2, 0.25) is 0 Å². The quantitative estimate of drug-likeness (QED) is 0.373. The minimum Gasteiger partial charge on any atom is -0.250 e. The zero-order valence-electron chi connectivity index (χ0n) is 5.27. The van der Waals surface area contributed by atoms with E-state index in [9.17, 15) is 0 Å². The maximum atomic E-state index is 7.94. The molecule has 0 fully saturated rings. The fourth-order valence-corrected chi connectivity index (χ4v) is 1.18. The molecule has 0 atom stereocenters. The maximum absolute atomic E-state index is 7.94. The Labute approximate surface area is 62.2 Å². The van der Waals surface area contributed by atoms with Gasteiger partial charge in [-0.2, -0.15) is 0 Å². The molecule has 0 spiro atoms. The van der Waals surface area contributed by atoms with E-state index in [2.05, 4.69) is 15.0 Å². The lowest BCUT2D eigenvalue weighted by molar-refractivity contribution is 0.942. The van der Waals surface area contributed by atoms with E-state index in [-0.39, 0.29) is 0 Å². The van der Waals surface area contributed by atoms with Gasteiger partial charge in [-0.05, 0) is 5.53 Å². The van der Waals surface area contributed by atoms with E-state index in [4.69, 9.17) is 5.53 Å². The number of thiazole rings is 1. The number of azide groups is 1. The first-order chi connectivity index (χ1) is 4.93. The first-order valence-corrected chi connectivity index (χ1v) is 3.70. The molecular formula is C5H6N4S. The zero-order chi connectivity index (χ0) is 7.23. The van der Waals surface area contributed by atoms with E-state index in [1.165, 1.54) is 0 Å². The molecule has 52 valence electrons. The number of nitrogens with zero attached hydrogens (tertiary/aromatic N) is 4. The molecule has 0 bridgehead atoms. The Morgan fingerprint density at radius 1 is 1.80 bits per heavy atom. The minimum absolute atomic E-state index is 0.504. The van der Waals surface area contributed by atoms with E-state index in [0.29, 0.717) is 6.54 Å². The van der Waals surface area contributed by atoms with Crippen molar-refractivity contribution in [2.24, 2.45) is 5.11 Å². The van der Waals surface area contributed by atoms with Crippen LogP contribution in [0.3, 0.4) is 0 Å². The molecular weight excluding hydrogens is 148 g/mol. The summed E-state index contributed by atoms with van der Waals surface area (Å²) in [6, 6.07) is 0. The molecule has 1 aromatic rings. The van der Waals surface area contributed by atoms with Crippen molar-refractivity contribution in [3.63, 3.8) is 0 Å². The fourth-order valence-electron chi connectivity index (χ4n) is 0.567. The van der Waals surface area contributed by atoms with Gasteiger partial charge in [0.15, 0.2) is 0 Å². The van der Waals surface area contributed by atoms with Crippen LogP contribution < -0.4 is 0 Å². The van der Waals surface area contributed by atoms with Gasteiger partial charge in [0.2, 0.25) is 0 Å². The Morgan fingerprint density at radius 3 is 3.30 bits per heavy atom. The monoisotopic (exact) mass is 154 g/mol. The lowest BCUT2D eigenvalue weighted by atomic mass is 10.5. The molecule has 0 aromatic carbocycles. The van der Waals surface area contributed by atoms with E-state index in [1.54, 1.807) is 17.5 Å². The highest BCUT2D eigenvalue weighted by Gasteiger charge is 1.91. The summed E-state index contributed by atoms with van der Waals surface area (Å²) in [7, 11) is 0. The van der Waals surface area contributed by atoms with Crippen LogP contribution in [-0.2, 0) is 6.42 Å². The highest BCUT2D eigenvalue weighted by molar-refractivity contribution is 7.09. The van der Waals surface area contributed by atoms with Gasteiger partial charge in [-0.15, -0.1) is 11.3 Å². The van der Waals surface area contributed by atoms with E-state index < -0.39 is 0 Å². The van der Waals surface area contributed by atoms with E-state index >= 15 is 0 Å². The molecule has 10 heavy (non-hydrogen) atoms. The highest BCUT2D eigenvalue weighted by atomic mass is 32.1. The molecule has 0 amide bonds. The Balaban J connectivity index is 2.34. The van der Waals surface area contributed by atoms with Crippen molar-refractivity contribution in [1.82, 2.24) is 4.98 Å². The van der Waals surface area contributed by atoms with Crippen molar-refractivity contribution in [2.45, 2.75) is 6.42 Å². The van der Waals surface area contributed by atoms with Crippen LogP contribution in [0.25, 0.3) is 10.4 Å². The Bertz CT molecular complexity index is 224. The van der Waals surface area contributed by atoms with Crippen molar-refractivity contribution >= 4 is 11.3 Å². The fraction of sp³-hybridized carbons (Fsp3) is 0.400. The second kappa shape index (κ2) is 3.87. The average Bonchev–Trinajstić information content (AvgIpc) is 2.41. The lowest BCUT2D eigenvalue weighted by Gasteiger charge is -1.85. The van der Waals surface area contributed by atoms with Crippen LogP contribution in [0, 0.1) is 0 Å².